The molecule has 0 N–H and O–H groups in total. The number of benzene rings is 4. The van der Waals surface area contributed by atoms with Crippen molar-refractivity contribution in [3.63, 3.8) is 0 Å². The normalized spacial score (nSPS) is 11.1. The van der Waals surface area contributed by atoms with E-state index in [1.807, 2.05) is 97.1 Å². The van der Waals surface area contributed by atoms with Gasteiger partial charge >= 0.3 is 0 Å². The Balaban J connectivity index is 1.19. The van der Waals surface area contributed by atoms with E-state index < -0.39 is 0 Å². The van der Waals surface area contributed by atoms with E-state index in [0.29, 0.717) is 13.2 Å². The lowest BCUT2D eigenvalue weighted by Crippen LogP contribution is -2.08. The molecule has 0 heterocycles. The van der Waals surface area contributed by atoms with E-state index in [9.17, 15) is 0 Å². The zero-order valence-electron chi connectivity index (χ0n) is 19.0. The number of azo groups is 2. The topological polar surface area (TPSA) is 77.1 Å². The van der Waals surface area contributed by atoms with Gasteiger partial charge in [0, 0.05) is 4.47 Å². The minimum absolute atomic E-state index is 0.414. The van der Waals surface area contributed by atoms with Crippen molar-refractivity contribution < 1.29 is 14.2 Å². The number of nitrogens with zero attached hydrogens (tertiary/aromatic N) is 4. The third-order valence-corrected chi connectivity index (χ3v) is 5.28. The van der Waals surface area contributed by atoms with Crippen LogP contribution in [0.2, 0.25) is 0 Å². The Bertz CT molecular complexity index is 1260. The summed E-state index contributed by atoms with van der Waals surface area (Å²) in [5.74, 6) is 2.26. The summed E-state index contributed by atoms with van der Waals surface area (Å²) in [6.45, 7) is 0.830. The van der Waals surface area contributed by atoms with Gasteiger partial charge in [0.05, 0.1) is 29.9 Å². The maximum Gasteiger partial charge on any atom is 0.122 e. The number of hydrogen-bond acceptors (Lipinski definition) is 7. The Labute approximate surface area is 212 Å². The molecule has 0 aromatic heterocycles. The van der Waals surface area contributed by atoms with Crippen molar-refractivity contribution in [3.05, 3.63) is 102 Å². The van der Waals surface area contributed by atoms with Crippen molar-refractivity contribution in [2.24, 2.45) is 20.5 Å². The lowest BCUT2D eigenvalue weighted by atomic mass is 10.3. The number of methoxy groups -OCH3 is 1. The third-order valence-electron chi connectivity index (χ3n) is 4.76. The first kappa shape index (κ1) is 24.1. The van der Waals surface area contributed by atoms with Crippen LogP contribution in [0.15, 0.2) is 122 Å². The first-order valence-corrected chi connectivity index (χ1v) is 11.7. The summed E-state index contributed by atoms with van der Waals surface area (Å²) in [4.78, 5) is 0. The van der Waals surface area contributed by atoms with E-state index >= 15 is 0 Å². The summed E-state index contributed by atoms with van der Waals surface area (Å²) < 4.78 is 17.6. The summed E-state index contributed by atoms with van der Waals surface area (Å²) in [6, 6.07) is 29.9. The predicted octanol–water partition coefficient (Wildman–Crippen LogP) is 8.75. The molecule has 176 valence electrons. The number of rotatable bonds is 10. The molecule has 4 aromatic rings. The quantitative estimate of drug-likeness (QED) is 0.152. The predicted molar refractivity (Wildman–Crippen MR) is 139 cm³/mol. The van der Waals surface area contributed by atoms with Crippen LogP contribution in [0.1, 0.15) is 0 Å². The molecule has 0 aliphatic heterocycles. The molecule has 7 nitrogen and oxygen atoms in total. The summed E-state index contributed by atoms with van der Waals surface area (Å²) in [5, 5.41) is 16.9. The molecular weight excluding hydrogens is 508 g/mol. The van der Waals surface area contributed by atoms with Crippen LogP contribution in [-0.2, 0) is 0 Å². The summed E-state index contributed by atoms with van der Waals surface area (Å²) in [7, 11) is 1.63. The highest BCUT2D eigenvalue weighted by Gasteiger charge is 1.99. The maximum atomic E-state index is 5.74. The first-order chi connectivity index (χ1) is 17.2. The van der Waals surface area contributed by atoms with Crippen LogP contribution < -0.4 is 14.2 Å². The van der Waals surface area contributed by atoms with E-state index in [0.717, 1.165) is 44.5 Å². The molecule has 4 rings (SSSR count). The van der Waals surface area contributed by atoms with Gasteiger partial charge in [-0.1, -0.05) is 15.9 Å². The van der Waals surface area contributed by atoms with Crippen LogP contribution in [0.5, 0.6) is 17.2 Å². The molecule has 0 aliphatic rings. The molecule has 0 saturated heterocycles. The Hall–Kier alpha value is -4.04. The molecule has 0 unspecified atom stereocenters. The number of hydrogen-bond donors (Lipinski definition) is 0. The van der Waals surface area contributed by atoms with Crippen LogP contribution in [0, 0.1) is 0 Å². The van der Waals surface area contributed by atoms with Gasteiger partial charge in [-0.25, -0.2) is 0 Å². The van der Waals surface area contributed by atoms with Gasteiger partial charge in [-0.3, -0.25) is 0 Å². The Morgan fingerprint density at radius 2 is 0.800 bits per heavy atom. The molecule has 0 bridgehead atoms. The molecule has 8 heteroatoms. The molecule has 0 spiro atoms. The van der Waals surface area contributed by atoms with E-state index in [2.05, 4.69) is 36.4 Å². The van der Waals surface area contributed by atoms with Gasteiger partial charge < -0.3 is 14.2 Å². The lowest BCUT2D eigenvalue weighted by Gasteiger charge is -2.08. The molecule has 4 aromatic carbocycles. The second kappa shape index (κ2) is 12.4. The fourth-order valence-corrected chi connectivity index (χ4v) is 3.19. The van der Waals surface area contributed by atoms with Crippen LogP contribution in [0.3, 0.4) is 0 Å². The zero-order chi connectivity index (χ0) is 24.3. The molecular formula is C27H23BrN4O3. The fourth-order valence-electron chi connectivity index (χ4n) is 2.92. The van der Waals surface area contributed by atoms with Gasteiger partial charge in [0.25, 0.3) is 0 Å². The second-order valence-electron chi connectivity index (χ2n) is 7.26. The third kappa shape index (κ3) is 7.75. The molecule has 0 fully saturated rings. The summed E-state index contributed by atoms with van der Waals surface area (Å²) in [5.41, 5.74) is 3.03. The Morgan fingerprint density at radius 3 is 1.14 bits per heavy atom. The van der Waals surface area contributed by atoms with E-state index in [4.69, 9.17) is 14.2 Å². The first-order valence-electron chi connectivity index (χ1n) is 10.9. The standard InChI is InChI=1S/C27H23BrN4O3/c1-33-25-12-6-22(7-13-25)30-32-24-10-16-27(17-11-24)35-19-18-34-26-14-8-23(9-15-26)31-29-21-4-2-20(28)3-5-21/h2-17H,18-19H2,1H3. The van der Waals surface area contributed by atoms with Crippen molar-refractivity contribution in [1.29, 1.82) is 0 Å². The Kier molecular flexibility index (Phi) is 8.56. The van der Waals surface area contributed by atoms with Crippen molar-refractivity contribution in [2.45, 2.75) is 0 Å². The van der Waals surface area contributed by atoms with Crippen molar-refractivity contribution >= 4 is 38.7 Å². The van der Waals surface area contributed by atoms with Gasteiger partial charge in [0.1, 0.15) is 30.5 Å². The lowest BCUT2D eigenvalue weighted by molar-refractivity contribution is 0.217. The molecule has 35 heavy (non-hydrogen) atoms. The largest absolute Gasteiger partial charge is 0.497 e. The van der Waals surface area contributed by atoms with Crippen molar-refractivity contribution in [1.82, 2.24) is 0 Å². The molecule has 0 amide bonds. The van der Waals surface area contributed by atoms with Crippen LogP contribution in [-0.4, -0.2) is 20.3 Å². The average Bonchev–Trinajstić information content (AvgIpc) is 2.91. The van der Waals surface area contributed by atoms with Gasteiger partial charge in [0.2, 0.25) is 0 Å². The SMILES string of the molecule is COc1ccc(N=Nc2ccc(OCCOc3ccc(N=Nc4ccc(Br)cc4)cc3)cc2)cc1. The number of halogens is 1. The fraction of sp³-hybridized carbons (Fsp3) is 0.111. The van der Waals surface area contributed by atoms with Crippen LogP contribution in [0.4, 0.5) is 22.7 Å². The van der Waals surface area contributed by atoms with E-state index in [-0.39, 0.29) is 0 Å². The highest BCUT2D eigenvalue weighted by molar-refractivity contribution is 9.10. The molecule has 0 saturated carbocycles. The van der Waals surface area contributed by atoms with E-state index in [1.54, 1.807) is 7.11 Å². The zero-order valence-corrected chi connectivity index (χ0v) is 20.6. The van der Waals surface area contributed by atoms with Gasteiger partial charge in [-0.15, -0.1) is 0 Å². The van der Waals surface area contributed by atoms with Crippen molar-refractivity contribution in [3.8, 4) is 17.2 Å². The average molecular weight is 531 g/mol. The molecule has 0 aliphatic carbocycles. The summed E-state index contributed by atoms with van der Waals surface area (Å²) >= 11 is 3.40. The van der Waals surface area contributed by atoms with Gasteiger partial charge in [-0.2, -0.15) is 20.5 Å². The second-order valence-corrected chi connectivity index (χ2v) is 8.17. The number of ether oxygens (including phenoxy) is 3. The maximum absolute atomic E-state index is 5.74. The molecule has 0 atom stereocenters. The minimum Gasteiger partial charge on any atom is -0.497 e. The smallest absolute Gasteiger partial charge is 0.122 e. The Morgan fingerprint density at radius 1 is 0.486 bits per heavy atom. The van der Waals surface area contributed by atoms with Crippen LogP contribution >= 0.6 is 15.9 Å². The van der Waals surface area contributed by atoms with Gasteiger partial charge in [-0.05, 0) is 97.1 Å². The van der Waals surface area contributed by atoms with Crippen LogP contribution in [0.25, 0.3) is 0 Å². The monoisotopic (exact) mass is 530 g/mol. The van der Waals surface area contributed by atoms with E-state index in [1.165, 1.54) is 0 Å². The molecule has 0 radical (unpaired) electrons. The minimum atomic E-state index is 0.414. The van der Waals surface area contributed by atoms with Gasteiger partial charge in [0.15, 0.2) is 0 Å². The van der Waals surface area contributed by atoms with Crippen molar-refractivity contribution in [2.75, 3.05) is 20.3 Å². The highest BCUT2D eigenvalue weighted by Crippen LogP contribution is 2.24. The summed E-state index contributed by atoms with van der Waals surface area (Å²) in [6.07, 6.45) is 0. The highest BCUT2D eigenvalue weighted by atomic mass is 79.9.